The van der Waals surface area contributed by atoms with Crippen LogP contribution in [0, 0.1) is 10.1 Å². The van der Waals surface area contributed by atoms with Crippen molar-refractivity contribution in [1.29, 1.82) is 0 Å². The summed E-state index contributed by atoms with van der Waals surface area (Å²) in [6.07, 6.45) is 0. The second-order valence-electron chi connectivity index (χ2n) is 7.35. The van der Waals surface area contributed by atoms with E-state index in [2.05, 4.69) is 5.32 Å². The van der Waals surface area contributed by atoms with Crippen LogP contribution in [0.2, 0.25) is 0 Å². The van der Waals surface area contributed by atoms with E-state index in [1.54, 1.807) is 0 Å². The Morgan fingerprint density at radius 3 is 2.07 bits per heavy atom. The molecule has 0 saturated carbocycles. The number of rotatable bonds is 5. The highest BCUT2D eigenvalue weighted by Crippen LogP contribution is 2.38. The fraction of sp³-hybridized carbons (Fsp3) is 0.381. The Labute approximate surface area is 163 Å². The van der Waals surface area contributed by atoms with Gasteiger partial charge in [-0.15, -0.1) is 0 Å². The Morgan fingerprint density at radius 1 is 1.04 bits per heavy atom. The SMILES string of the molecule is CC(C)c1cccc(C(C)C)c1NC(=O)c1cc2c(cc1[N+](=O)[O-])OCCO2. The standard InChI is InChI=1S/C21H24N2O5/c1-12(2)14-6-5-7-15(13(3)4)20(14)22-21(24)16-10-18-19(28-9-8-27-18)11-17(16)23(25)26/h5-7,10-13H,8-9H2,1-4H3,(H,22,24). The molecule has 1 aliphatic rings. The van der Waals surface area contributed by atoms with Crippen molar-refractivity contribution in [3.8, 4) is 11.5 Å². The van der Waals surface area contributed by atoms with Gasteiger partial charge in [-0.05, 0) is 23.0 Å². The quantitative estimate of drug-likeness (QED) is 0.587. The van der Waals surface area contributed by atoms with Gasteiger partial charge in [0.25, 0.3) is 11.6 Å². The van der Waals surface area contributed by atoms with Gasteiger partial charge in [0, 0.05) is 11.8 Å². The molecule has 3 rings (SSSR count). The number of benzene rings is 2. The molecule has 1 aliphatic heterocycles. The molecule has 28 heavy (non-hydrogen) atoms. The molecule has 0 aliphatic carbocycles. The highest BCUT2D eigenvalue weighted by Gasteiger charge is 2.27. The first-order valence-corrected chi connectivity index (χ1v) is 9.31. The van der Waals surface area contributed by atoms with Crippen LogP contribution in [-0.2, 0) is 0 Å². The molecule has 0 atom stereocenters. The number of hydrogen-bond acceptors (Lipinski definition) is 5. The number of ether oxygens (including phenoxy) is 2. The first kappa shape index (κ1) is 19.7. The molecule has 2 aromatic rings. The van der Waals surface area contributed by atoms with E-state index in [0.717, 1.165) is 11.1 Å². The largest absolute Gasteiger partial charge is 0.486 e. The van der Waals surface area contributed by atoms with Crippen LogP contribution in [0.25, 0.3) is 0 Å². The summed E-state index contributed by atoms with van der Waals surface area (Å²) < 4.78 is 10.9. The van der Waals surface area contributed by atoms with E-state index >= 15 is 0 Å². The maximum atomic E-state index is 13.1. The number of carbonyl (C=O) groups excluding carboxylic acids is 1. The number of amides is 1. The van der Waals surface area contributed by atoms with Crippen LogP contribution >= 0.6 is 0 Å². The zero-order valence-corrected chi connectivity index (χ0v) is 16.4. The number of nitrogens with zero attached hydrogens (tertiary/aromatic N) is 1. The van der Waals surface area contributed by atoms with Crippen LogP contribution in [0.15, 0.2) is 30.3 Å². The van der Waals surface area contributed by atoms with E-state index in [0.29, 0.717) is 24.7 Å². The summed E-state index contributed by atoms with van der Waals surface area (Å²) in [7, 11) is 0. The van der Waals surface area contributed by atoms with Gasteiger partial charge in [-0.2, -0.15) is 0 Å². The highest BCUT2D eigenvalue weighted by atomic mass is 16.6. The van der Waals surface area contributed by atoms with Crippen molar-refractivity contribution in [3.63, 3.8) is 0 Å². The monoisotopic (exact) mass is 384 g/mol. The summed E-state index contributed by atoms with van der Waals surface area (Å²) in [6.45, 7) is 8.82. The molecule has 0 unspecified atom stereocenters. The number of nitro benzene ring substituents is 1. The molecular weight excluding hydrogens is 360 g/mol. The minimum Gasteiger partial charge on any atom is -0.486 e. The van der Waals surface area contributed by atoms with Crippen molar-refractivity contribution < 1.29 is 19.2 Å². The van der Waals surface area contributed by atoms with Crippen LogP contribution in [0.3, 0.4) is 0 Å². The average molecular weight is 384 g/mol. The zero-order chi connectivity index (χ0) is 20.4. The number of carbonyl (C=O) groups is 1. The lowest BCUT2D eigenvalue weighted by atomic mass is 9.92. The Kier molecular flexibility index (Phi) is 5.53. The molecule has 0 bridgehead atoms. The van der Waals surface area contributed by atoms with Crippen molar-refractivity contribution in [2.45, 2.75) is 39.5 Å². The Bertz CT molecular complexity index is 895. The molecule has 0 spiro atoms. The summed E-state index contributed by atoms with van der Waals surface area (Å²) in [4.78, 5) is 24.0. The van der Waals surface area contributed by atoms with E-state index in [9.17, 15) is 14.9 Å². The van der Waals surface area contributed by atoms with Gasteiger partial charge in [0.1, 0.15) is 18.8 Å². The molecule has 7 heteroatoms. The lowest BCUT2D eigenvalue weighted by Gasteiger charge is -2.21. The molecular formula is C21H24N2O5. The van der Waals surface area contributed by atoms with Crippen LogP contribution in [0.5, 0.6) is 11.5 Å². The van der Waals surface area contributed by atoms with E-state index in [1.807, 2.05) is 45.9 Å². The summed E-state index contributed by atoms with van der Waals surface area (Å²) in [5, 5.41) is 14.5. The molecule has 1 N–H and O–H groups in total. The molecule has 0 aromatic heterocycles. The van der Waals surface area contributed by atoms with Crippen molar-refractivity contribution >= 4 is 17.3 Å². The molecule has 1 heterocycles. The zero-order valence-electron chi connectivity index (χ0n) is 16.4. The second-order valence-corrected chi connectivity index (χ2v) is 7.35. The van der Waals surface area contributed by atoms with Gasteiger partial charge < -0.3 is 14.8 Å². The summed E-state index contributed by atoms with van der Waals surface area (Å²) in [6, 6.07) is 8.53. The lowest BCUT2D eigenvalue weighted by molar-refractivity contribution is -0.385. The number of para-hydroxylation sites is 1. The predicted octanol–water partition coefficient (Wildman–Crippen LogP) is 4.87. The van der Waals surface area contributed by atoms with Crippen LogP contribution in [-0.4, -0.2) is 24.0 Å². The fourth-order valence-corrected chi connectivity index (χ4v) is 3.29. The molecule has 0 saturated heterocycles. The van der Waals surface area contributed by atoms with Crippen LogP contribution in [0.4, 0.5) is 11.4 Å². The van der Waals surface area contributed by atoms with Crippen molar-refractivity contribution in [2.24, 2.45) is 0 Å². The van der Waals surface area contributed by atoms with E-state index in [4.69, 9.17) is 9.47 Å². The van der Waals surface area contributed by atoms with Crippen molar-refractivity contribution in [2.75, 3.05) is 18.5 Å². The van der Waals surface area contributed by atoms with Crippen LogP contribution in [0.1, 0.15) is 61.0 Å². The molecule has 0 fully saturated rings. The highest BCUT2D eigenvalue weighted by molar-refractivity contribution is 6.08. The van der Waals surface area contributed by atoms with Gasteiger partial charge >= 0.3 is 0 Å². The van der Waals surface area contributed by atoms with Crippen molar-refractivity contribution in [3.05, 3.63) is 57.1 Å². The maximum Gasteiger partial charge on any atom is 0.286 e. The molecule has 0 radical (unpaired) electrons. The van der Waals surface area contributed by atoms with Crippen molar-refractivity contribution in [1.82, 2.24) is 0 Å². The van der Waals surface area contributed by atoms with E-state index < -0.39 is 10.8 Å². The number of anilines is 1. The number of fused-ring (bicyclic) bond motifs is 1. The van der Waals surface area contributed by atoms with Gasteiger partial charge in [0.15, 0.2) is 11.5 Å². The molecule has 148 valence electrons. The Morgan fingerprint density at radius 2 is 1.57 bits per heavy atom. The van der Waals surface area contributed by atoms with Gasteiger partial charge in [-0.3, -0.25) is 14.9 Å². The average Bonchev–Trinajstić information content (AvgIpc) is 2.66. The predicted molar refractivity (Wildman–Crippen MR) is 107 cm³/mol. The minimum atomic E-state index is -0.579. The Hall–Kier alpha value is -3.09. The molecule has 2 aromatic carbocycles. The van der Waals surface area contributed by atoms with E-state index in [-0.39, 0.29) is 28.8 Å². The smallest absolute Gasteiger partial charge is 0.286 e. The summed E-state index contributed by atoms with van der Waals surface area (Å²) >= 11 is 0. The third kappa shape index (κ3) is 3.78. The van der Waals surface area contributed by atoms with Gasteiger partial charge in [-0.1, -0.05) is 45.9 Å². The minimum absolute atomic E-state index is 0.0532. The van der Waals surface area contributed by atoms with Gasteiger partial charge in [0.05, 0.1) is 11.0 Å². The number of nitrogens with one attached hydrogen (secondary N) is 1. The maximum absolute atomic E-state index is 13.1. The number of nitro groups is 1. The topological polar surface area (TPSA) is 90.7 Å². The third-order valence-corrected chi connectivity index (χ3v) is 4.71. The molecule has 1 amide bonds. The second kappa shape index (κ2) is 7.88. The Balaban J connectivity index is 2.06. The fourth-order valence-electron chi connectivity index (χ4n) is 3.29. The summed E-state index contributed by atoms with van der Waals surface area (Å²) in [5.74, 6) is 0.440. The first-order valence-electron chi connectivity index (χ1n) is 9.31. The van der Waals surface area contributed by atoms with Crippen LogP contribution < -0.4 is 14.8 Å². The van der Waals surface area contributed by atoms with Gasteiger partial charge in [0.2, 0.25) is 0 Å². The normalized spacial score (nSPS) is 12.9. The molecule has 7 nitrogen and oxygen atoms in total. The van der Waals surface area contributed by atoms with Gasteiger partial charge in [-0.25, -0.2) is 0 Å². The number of hydrogen-bond donors (Lipinski definition) is 1. The third-order valence-electron chi connectivity index (χ3n) is 4.71. The first-order chi connectivity index (χ1) is 13.3. The lowest BCUT2D eigenvalue weighted by Crippen LogP contribution is -2.20. The van der Waals surface area contributed by atoms with E-state index in [1.165, 1.54) is 12.1 Å². The summed E-state index contributed by atoms with van der Waals surface area (Å²) in [5.41, 5.74) is 2.32.